The van der Waals surface area contributed by atoms with Crippen molar-refractivity contribution in [2.45, 2.75) is 40.2 Å². The molecule has 1 aromatic heterocycles. The molecule has 1 aliphatic rings. The van der Waals surface area contributed by atoms with E-state index in [1.54, 1.807) is 17.1 Å². The molecule has 0 atom stereocenters. The number of carbonyl (C=O) groups is 2. The normalized spacial score (nSPS) is 14.4. The molecule has 1 aromatic carbocycles. The van der Waals surface area contributed by atoms with E-state index in [2.05, 4.69) is 20.3 Å². The van der Waals surface area contributed by atoms with Crippen LogP contribution < -0.4 is 10.4 Å². The minimum Gasteiger partial charge on any atom is -0.466 e. The Labute approximate surface area is 211 Å². The molecule has 1 aliphatic heterocycles. The molecule has 35 heavy (non-hydrogen) atoms. The first-order valence-corrected chi connectivity index (χ1v) is 12.2. The van der Waals surface area contributed by atoms with Crippen LogP contribution >= 0.6 is 11.6 Å². The van der Waals surface area contributed by atoms with Crippen LogP contribution in [0.1, 0.15) is 55.4 Å². The van der Waals surface area contributed by atoms with Gasteiger partial charge in [-0.3, -0.25) is 24.9 Å². The van der Waals surface area contributed by atoms with Crippen molar-refractivity contribution in [1.29, 1.82) is 5.26 Å². The lowest BCUT2D eigenvalue weighted by atomic mass is 9.96. The molecule has 1 fully saturated rings. The third kappa shape index (κ3) is 7.38. The number of benzene rings is 1. The van der Waals surface area contributed by atoms with Crippen molar-refractivity contribution in [1.82, 2.24) is 20.3 Å². The number of nitrogens with one attached hydrogen (secondary N) is 1. The van der Waals surface area contributed by atoms with Gasteiger partial charge in [0.15, 0.2) is 5.82 Å². The number of ether oxygens (including phenoxy) is 1. The number of hydrogen-bond donors (Lipinski definition) is 1. The fourth-order valence-corrected chi connectivity index (χ4v) is 4.14. The maximum atomic E-state index is 13.0. The van der Waals surface area contributed by atoms with E-state index in [1.165, 1.54) is 6.20 Å². The first-order chi connectivity index (χ1) is 16.8. The lowest BCUT2D eigenvalue weighted by Crippen LogP contribution is -2.45. The monoisotopic (exact) mass is 498 g/mol. The van der Waals surface area contributed by atoms with Crippen LogP contribution in [-0.4, -0.2) is 53.0 Å². The summed E-state index contributed by atoms with van der Waals surface area (Å²) in [6.45, 7) is 9.13. The summed E-state index contributed by atoms with van der Waals surface area (Å²) >= 11 is 6.26. The molecule has 0 aliphatic carbocycles. The van der Waals surface area contributed by atoms with Gasteiger partial charge < -0.3 is 4.74 Å². The smallest absolute Gasteiger partial charge is 0.309 e. The SMILES string of the molecule is CCOC(=O)C1CCN(Cc2ccc(C(=O)NN(CC(C)C)c3nc(C#N)ncc3Cl)cc2)CC1. The summed E-state index contributed by atoms with van der Waals surface area (Å²) in [5, 5.41) is 10.9. The number of likely N-dealkylation sites (tertiary alicyclic amines) is 1. The van der Waals surface area contributed by atoms with Crippen molar-refractivity contribution >= 4 is 29.3 Å². The van der Waals surface area contributed by atoms with Crippen LogP contribution in [0.15, 0.2) is 30.5 Å². The van der Waals surface area contributed by atoms with Gasteiger partial charge >= 0.3 is 5.97 Å². The number of aromatic nitrogens is 2. The summed E-state index contributed by atoms with van der Waals surface area (Å²) in [6.07, 6.45) is 2.94. The average Bonchev–Trinajstić information content (AvgIpc) is 2.84. The van der Waals surface area contributed by atoms with Crippen LogP contribution in [-0.2, 0) is 16.1 Å². The Morgan fingerprint density at radius 3 is 2.57 bits per heavy atom. The number of nitriles is 1. The molecule has 1 amide bonds. The second-order valence-electron chi connectivity index (χ2n) is 8.92. The van der Waals surface area contributed by atoms with Gasteiger partial charge in [-0.2, -0.15) is 10.2 Å². The number of anilines is 1. The van der Waals surface area contributed by atoms with Gasteiger partial charge in [-0.15, -0.1) is 0 Å². The van der Waals surface area contributed by atoms with Crippen molar-refractivity contribution in [3.63, 3.8) is 0 Å². The van der Waals surface area contributed by atoms with E-state index < -0.39 is 0 Å². The lowest BCUT2D eigenvalue weighted by molar-refractivity contribution is -0.149. The Morgan fingerprint density at radius 2 is 1.97 bits per heavy atom. The predicted molar refractivity (Wildman–Crippen MR) is 132 cm³/mol. The summed E-state index contributed by atoms with van der Waals surface area (Å²) in [4.78, 5) is 35.2. The molecule has 0 unspecified atom stereocenters. The molecule has 2 aromatic rings. The molecule has 0 radical (unpaired) electrons. The van der Waals surface area contributed by atoms with E-state index in [0.29, 0.717) is 18.7 Å². The number of hydrazine groups is 1. The number of piperidine rings is 1. The Kier molecular flexibility index (Phi) is 9.40. The summed E-state index contributed by atoms with van der Waals surface area (Å²) in [5.74, 6) is 0.0359. The van der Waals surface area contributed by atoms with E-state index in [-0.39, 0.29) is 40.4 Å². The van der Waals surface area contributed by atoms with Gasteiger partial charge in [-0.05, 0) is 56.5 Å². The van der Waals surface area contributed by atoms with E-state index in [4.69, 9.17) is 21.6 Å². The highest BCUT2D eigenvalue weighted by molar-refractivity contribution is 6.32. The van der Waals surface area contributed by atoms with Crippen molar-refractivity contribution in [2.24, 2.45) is 11.8 Å². The van der Waals surface area contributed by atoms with Gasteiger partial charge in [0.2, 0.25) is 5.82 Å². The van der Waals surface area contributed by atoms with Gasteiger partial charge in [0.1, 0.15) is 11.1 Å². The van der Waals surface area contributed by atoms with E-state index in [1.807, 2.05) is 39.0 Å². The molecule has 2 heterocycles. The highest BCUT2D eigenvalue weighted by Crippen LogP contribution is 2.23. The molecule has 1 N–H and O–H groups in total. The van der Waals surface area contributed by atoms with Crippen LogP contribution in [0, 0.1) is 23.2 Å². The van der Waals surface area contributed by atoms with Crippen LogP contribution in [0.2, 0.25) is 5.02 Å². The minimum absolute atomic E-state index is 0.0151. The third-order valence-corrected chi connectivity index (χ3v) is 5.96. The molecule has 0 saturated carbocycles. The van der Waals surface area contributed by atoms with Crippen LogP contribution in [0.25, 0.3) is 0 Å². The molecule has 186 valence electrons. The Hall–Kier alpha value is -3.22. The highest BCUT2D eigenvalue weighted by atomic mass is 35.5. The third-order valence-electron chi connectivity index (χ3n) is 5.70. The standard InChI is InChI=1S/C25H31ClN6O3/c1-4-35-25(34)20-9-11-31(12-10-20)16-18-5-7-19(8-6-18)24(33)30-32(15-17(2)3)23-21(26)14-28-22(13-27)29-23/h5-8,14,17,20H,4,9-12,15-16H2,1-3H3,(H,30,33). The number of amides is 1. The first kappa shape index (κ1) is 26.4. The summed E-state index contributed by atoms with van der Waals surface area (Å²) < 4.78 is 5.14. The first-order valence-electron chi connectivity index (χ1n) is 11.8. The molecule has 10 heteroatoms. The predicted octanol–water partition coefficient (Wildman–Crippen LogP) is 3.58. The topological polar surface area (TPSA) is 111 Å². The van der Waals surface area contributed by atoms with Gasteiger partial charge in [0.05, 0.1) is 18.7 Å². The molecule has 9 nitrogen and oxygen atoms in total. The molecular weight excluding hydrogens is 468 g/mol. The fraction of sp³-hybridized carbons (Fsp3) is 0.480. The molecule has 0 spiro atoms. The number of hydrogen-bond acceptors (Lipinski definition) is 8. The van der Waals surface area contributed by atoms with Crippen LogP contribution in [0.3, 0.4) is 0 Å². The van der Waals surface area contributed by atoms with Crippen molar-refractivity contribution in [3.05, 3.63) is 52.4 Å². The van der Waals surface area contributed by atoms with Gasteiger partial charge in [-0.1, -0.05) is 37.6 Å². The Balaban J connectivity index is 1.62. The maximum absolute atomic E-state index is 13.0. The zero-order valence-corrected chi connectivity index (χ0v) is 21.1. The van der Waals surface area contributed by atoms with Crippen LogP contribution in [0.4, 0.5) is 5.82 Å². The summed E-state index contributed by atoms with van der Waals surface area (Å²) in [5.41, 5.74) is 4.44. The van der Waals surface area contributed by atoms with Gasteiger partial charge in [0, 0.05) is 18.7 Å². The largest absolute Gasteiger partial charge is 0.466 e. The Bertz CT molecular complexity index is 1060. The number of esters is 1. The zero-order valence-electron chi connectivity index (χ0n) is 20.3. The Morgan fingerprint density at radius 1 is 1.29 bits per heavy atom. The quantitative estimate of drug-likeness (QED) is 0.412. The molecule has 0 bridgehead atoms. The highest BCUT2D eigenvalue weighted by Gasteiger charge is 2.26. The number of carbonyl (C=O) groups excluding carboxylic acids is 2. The van der Waals surface area contributed by atoms with Gasteiger partial charge in [-0.25, -0.2) is 4.98 Å². The summed E-state index contributed by atoms with van der Waals surface area (Å²) in [7, 11) is 0. The molecule has 3 rings (SSSR count). The lowest BCUT2D eigenvalue weighted by Gasteiger charge is -2.30. The second-order valence-corrected chi connectivity index (χ2v) is 9.33. The van der Waals surface area contributed by atoms with E-state index in [9.17, 15) is 9.59 Å². The number of nitrogens with zero attached hydrogens (tertiary/aromatic N) is 5. The fourth-order valence-electron chi connectivity index (χ4n) is 3.95. The van der Waals surface area contributed by atoms with E-state index >= 15 is 0 Å². The average molecular weight is 499 g/mol. The van der Waals surface area contributed by atoms with Crippen molar-refractivity contribution < 1.29 is 14.3 Å². The van der Waals surface area contributed by atoms with Crippen molar-refractivity contribution in [3.8, 4) is 6.07 Å². The molecule has 1 saturated heterocycles. The number of halogens is 1. The van der Waals surface area contributed by atoms with Crippen molar-refractivity contribution in [2.75, 3.05) is 31.3 Å². The van der Waals surface area contributed by atoms with Gasteiger partial charge in [0.25, 0.3) is 5.91 Å². The van der Waals surface area contributed by atoms with Crippen LogP contribution in [0.5, 0.6) is 0 Å². The van der Waals surface area contributed by atoms with E-state index in [0.717, 1.165) is 38.0 Å². The minimum atomic E-state index is -0.305. The zero-order chi connectivity index (χ0) is 25.4. The maximum Gasteiger partial charge on any atom is 0.309 e. The number of rotatable bonds is 9. The molecular formula is C25H31ClN6O3. The second kappa shape index (κ2) is 12.5. The summed E-state index contributed by atoms with van der Waals surface area (Å²) in [6, 6.07) is 9.33.